The zero-order valence-electron chi connectivity index (χ0n) is 10.6. The highest BCUT2D eigenvalue weighted by Gasteiger charge is 2.32. The fraction of sp³-hybridized carbons (Fsp3) is 0.692. The molecule has 0 aromatic carbocycles. The van der Waals surface area contributed by atoms with Crippen molar-refractivity contribution < 1.29 is 0 Å². The lowest BCUT2D eigenvalue weighted by Crippen LogP contribution is -2.30. The Morgan fingerprint density at radius 1 is 1.59 bits per heavy atom. The molecule has 0 saturated heterocycles. The number of thiophene rings is 1. The van der Waals surface area contributed by atoms with Gasteiger partial charge in [-0.1, -0.05) is 6.92 Å². The summed E-state index contributed by atoms with van der Waals surface area (Å²) in [5.41, 5.74) is 0. The van der Waals surface area contributed by atoms with Crippen LogP contribution in [0.3, 0.4) is 0 Å². The minimum atomic E-state index is 0.966. The zero-order valence-corrected chi connectivity index (χ0v) is 13.0. The van der Waals surface area contributed by atoms with Crippen molar-refractivity contribution >= 4 is 27.3 Å². The molecule has 0 radical (unpaired) electrons. The molecule has 2 nitrogen and oxygen atoms in total. The summed E-state index contributed by atoms with van der Waals surface area (Å²) in [6.45, 7) is 6.84. The first kappa shape index (κ1) is 13.5. The predicted octanol–water partition coefficient (Wildman–Crippen LogP) is 3.19. The molecule has 1 heterocycles. The lowest BCUT2D eigenvalue weighted by molar-refractivity contribution is 0.313. The van der Waals surface area contributed by atoms with Crippen LogP contribution in [0.1, 0.15) is 18.2 Å². The quantitative estimate of drug-likeness (QED) is 0.777. The van der Waals surface area contributed by atoms with Gasteiger partial charge in [-0.15, -0.1) is 11.3 Å². The molecule has 1 aliphatic carbocycles. The zero-order chi connectivity index (χ0) is 12.3. The van der Waals surface area contributed by atoms with Gasteiger partial charge in [-0.3, -0.25) is 0 Å². The summed E-state index contributed by atoms with van der Waals surface area (Å²) in [7, 11) is 2.23. The van der Waals surface area contributed by atoms with Crippen LogP contribution in [0, 0.1) is 11.8 Å². The Balaban J connectivity index is 1.53. The average molecular weight is 317 g/mol. The number of halogens is 1. The van der Waals surface area contributed by atoms with E-state index in [4.69, 9.17) is 0 Å². The lowest BCUT2D eigenvalue weighted by Gasteiger charge is -2.16. The number of rotatable bonds is 7. The topological polar surface area (TPSA) is 15.3 Å². The summed E-state index contributed by atoms with van der Waals surface area (Å²) >= 11 is 5.28. The van der Waals surface area contributed by atoms with E-state index in [1.165, 1.54) is 22.3 Å². The molecular weight excluding hydrogens is 296 g/mol. The van der Waals surface area contributed by atoms with Crippen LogP contribution in [-0.4, -0.2) is 31.6 Å². The number of hydrogen-bond acceptors (Lipinski definition) is 3. The van der Waals surface area contributed by atoms with E-state index in [-0.39, 0.29) is 0 Å². The van der Waals surface area contributed by atoms with E-state index in [1.54, 1.807) is 11.3 Å². The van der Waals surface area contributed by atoms with Gasteiger partial charge in [0.25, 0.3) is 0 Å². The second-order valence-electron chi connectivity index (χ2n) is 5.14. The summed E-state index contributed by atoms with van der Waals surface area (Å²) in [6, 6.07) is 2.19. The van der Waals surface area contributed by atoms with Crippen molar-refractivity contribution in [1.82, 2.24) is 10.2 Å². The highest BCUT2D eigenvalue weighted by atomic mass is 79.9. The smallest absolute Gasteiger partial charge is 0.0300 e. The first-order valence-corrected chi connectivity index (χ1v) is 7.94. The lowest BCUT2D eigenvalue weighted by atomic mass is 10.3. The third-order valence-electron chi connectivity index (χ3n) is 3.41. The van der Waals surface area contributed by atoms with E-state index < -0.39 is 0 Å². The van der Waals surface area contributed by atoms with Gasteiger partial charge in [0.05, 0.1) is 0 Å². The van der Waals surface area contributed by atoms with Crippen LogP contribution < -0.4 is 5.32 Å². The first-order chi connectivity index (χ1) is 8.15. The van der Waals surface area contributed by atoms with Crippen LogP contribution in [0.15, 0.2) is 15.9 Å². The van der Waals surface area contributed by atoms with Crippen LogP contribution in [0.2, 0.25) is 0 Å². The molecule has 1 saturated carbocycles. The molecule has 1 aromatic rings. The van der Waals surface area contributed by atoms with E-state index in [0.29, 0.717) is 0 Å². The van der Waals surface area contributed by atoms with Crippen LogP contribution in [0.5, 0.6) is 0 Å². The summed E-state index contributed by atoms with van der Waals surface area (Å²) in [4.78, 5) is 3.85. The molecule has 0 amide bonds. The summed E-state index contributed by atoms with van der Waals surface area (Å²) in [5, 5.41) is 5.64. The highest BCUT2D eigenvalue weighted by molar-refractivity contribution is 9.10. The maximum Gasteiger partial charge on any atom is 0.0300 e. The monoisotopic (exact) mass is 316 g/mol. The van der Waals surface area contributed by atoms with Gasteiger partial charge in [0.1, 0.15) is 0 Å². The van der Waals surface area contributed by atoms with Crippen molar-refractivity contribution in [3.63, 3.8) is 0 Å². The normalized spacial score (nSPS) is 23.3. The average Bonchev–Trinajstić information content (AvgIpc) is 2.79. The molecule has 17 heavy (non-hydrogen) atoms. The second-order valence-corrected chi connectivity index (χ2v) is 7.05. The van der Waals surface area contributed by atoms with Crippen molar-refractivity contribution in [2.75, 3.05) is 26.7 Å². The van der Waals surface area contributed by atoms with Crippen LogP contribution in [-0.2, 0) is 6.54 Å². The maximum atomic E-state index is 3.50. The number of likely N-dealkylation sites (N-methyl/N-ethyl adjacent to an activating group) is 1. The fourth-order valence-electron chi connectivity index (χ4n) is 2.07. The molecule has 2 rings (SSSR count). The molecule has 96 valence electrons. The number of nitrogens with zero attached hydrogens (tertiary/aromatic N) is 1. The van der Waals surface area contributed by atoms with Crippen molar-refractivity contribution in [2.24, 2.45) is 11.8 Å². The molecule has 1 fully saturated rings. The van der Waals surface area contributed by atoms with Crippen molar-refractivity contribution in [3.8, 4) is 0 Å². The van der Waals surface area contributed by atoms with Gasteiger partial charge in [0, 0.05) is 40.9 Å². The van der Waals surface area contributed by atoms with Crippen molar-refractivity contribution in [1.29, 1.82) is 0 Å². The second kappa shape index (κ2) is 6.32. The van der Waals surface area contributed by atoms with Gasteiger partial charge >= 0.3 is 0 Å². The van der Waals surface area contributed by atoms with Crippen LogP contribution >= 0.6 is 27.3 Å². The Hall–Kier alpha value is 0.1000. The Morgan fingerprint density at radius 3 is 2.94 bits per heavy atom. The van der Waals surface area contributed by atoms with Gasteiger partial charge in [0.15, 0.2) is 0 Å². The standard InChI is InChI=1S/C13H21BrN2S/c1-10-5-11(10)8-16(2)4-3-15-7-13-6-12(14)9-17-13/h6,9-11,15H,3-5,7-8H2,1-2H3. The Bertz CT molecular complexity index is 353. The first-order valence-electron chi connectivity index (χ1n) is 6.27. The predicted molar refractivity (Wildman–Crippen MR) is 78.5 cm³/mol. The Morgan fingerprint density at radius 2 is 2.35 bits per heavy atom. The van der Waals surface area contributed by atoms with E-state index in [9.17, 15) is 0 Å². The molecule has 1 aliphatic rings. The van der Waals surface area contributed by atoms with E-state index in [1.807, 2.05) is 0 Å². The molecular formula is C13H21BrN2S. The molecule has 2 atom stereocenters. The summed E-state index contributed by atoms with van der Waals surface area (Å²) in [6.07, 6.45) is 1.43. The van der Waals surface area contributed by atoms with Crippen molar-refractivity contribution in [2.45, 2.75) is 19.9 Å². The van der Waals surface area contributed by atoms with Crippen molar-refractivity contribution in [3.05, 3.63) is 20.8 Å². The van der Waals surface area contributed by atoms with Gasteiger partial charge < -0.3 is 10.2 Å². The Labute approximate surface area is 117 Å². The molecule has 1 N–H and O–H groups in total. The van der Waals surface area contributed by atoms with Gasteiger partial charge in [-0.25, -0.2) is 0 Å². The highest BCUT2D eigenvalue weighted by Crippen LogP contribution is 2.37. The minimum absolute atomic E-state index is 0.966. The van der Waals surface area contributed by atoms with Crippen LogP contribution in [0.4, 0.5) is 0 Å². The molecule has 0 spiro atoms. The number of nitrogens with one attached hydrogen (secondary N) is 1. The van der Waals surface area contributed by atoms with Gasteiger partial charge in [-0.05, 0) is 47.3 Å². The molecule has 4 heteroatoms. The molecule has 0 aliphatic heterocycles. The SMILES string of the molecule is CC1CC1CN(C)CCNCc1cc(Br)cs1. The fourth-order valence-corrected chi connectivity index (χ4v) is 3.49. The van der Waals surface area contributed by atoms with E-state index >= 15 is 0 Å². The molecule has 2 unspecified atom stereocenters. The largest absolute Gasteiger partial charge is 0.311 e. The van der Waals surface area contributed by atoms with Gasteiger partial charge in [0.2, 0.25) is 0 Å². The van der Waals surface area contributed by atoms with Crippen LogP contribution in [0.25, 0.3) is 0 Å². The number of hydrogen-bond donors (Lipinski definition) is 1. The van der Waals surface area contributed by atoms with E-state index in [2.05, 4.69) is 51.6 Å². The van der Waals surface area contributed by atoms with Gasteiger partial charge in [-0.2, -0.15) is 0 Å². The third-order valence-corrected chi connectivity index (χ3v) is 5.11. The summed E-state index contributed by atoms with van der Waals surface area (Å²) < 4.78 is 1.19. The Kier molecular flexibility index (Phi) is 5.03. The summed E-state index contributed by atoms with van der Waals surface area (Å²) in [5.74, 6) is 1.93. The maximum absolute atomic E-state index is 3.50. The minimum Gasteiger partial charge on any atom is -0.311 e. The molecule has 0 bridgehead atoms. The van der Waals surface area contributed by atoms with E-state index in [0.717, 1.165) is 31.5 Å². The molecule has 1 aromatic heterocycles. The third kappa shape index (κ3) is 4.70.